The Hall–Kier alpha value is -3.09. The molecule has 2 N–H and O–H groups in total. The van der Waals surface area contributed by atoms with Crippen LogP contribution in [-0.2, 0) is 19.1 Å². The number of carbonyl (C=O) groups excluding carboxylic acids is 2. The summed E-state index contributed by atoms with van der Waals surface area (Å²) in [5.74, 6) is -1.77. The van der Waals surface area contributed by atoms with Crippen molar-refractivity contribution in [3.63, 3.8) is 0 Å². The number of nitrogens with zero attached hydrogens (tertiary/aromatic N) is 1. The molecule has 0 saturated carbocycles. The van der Waals surface area contributed by atoms with E-state index >= 15 is 0 Å². The van der Waals surface area contributed by atoms with Gasteiger partial charge < -0.3 is 19.9 Å². The molecule has 158 valence electrons. The zero-order valence-electron chi connectivity index (χ0n) is 17.9. The van der Waals surface area contributed by atoms with Crippen LogP contribution in [0.3, 0.4) is 0 Å². The average Bonchev–Trinajstić information content (AvgIpc) is 2.69. The van der Waals surface area contributed by atoms with Gasteiger partial charge in [0, 0.05) is 5.92 Å². The van der Waals surface area contributed by atoms with E-state index in [9.17, 15) is 14.7 Å². The number of amides is 1. The van der Waals surface area contributed by atoms with Crippen molar-refractivity contribution in [1.82, 2.24) is 5.32 Å². The van der Waals surface area contributed by atoms with Crippen molar-refractivity contribution in [3.8, 4) is 0 Å². The van der Waals surface area contributed by atoms with Crippen molar-refractivity contribution >= 4 is 18.6 Å². The van der Waals surface area contributed by atoms with Crippen molar-refractivity contribution in [3.05, 3.63) is 58.7 Å². The van der Waals surface area contributed by atoms with E-state index in [1.807, 2.05) is 45.0 Å². The number of hydrogen-bond acceptors (Lipinski definition) is 6. The van der Waals surface area contributed by atoms with Gasteiger partial charge in [-0.3, -0.25) is 9.79 Å². The molecule has 0 bridgehead atoms. The van der Waals surface area contributed by atoms with Crippen LogP contribution in [0.25, 0.3) is 0 Å². The topological polar surface area (TPSA) is 97.2 Å². The predicted octanol–water partition coefficient (Wildman–Crippen LogP) is 3.56. The van der Waals surface area contributed by atoms with E-state index in [0.717, 1.165) is 11.1 Å². The molecule has 1 aromatic carbocycles. The molecule has 7 nitrogen and oxygen atoms in total. The summed E-state index contributed by atoms with van der Waals surface area (Å²) in [6, 6.07) is 6.95. The molecule has 29 heavy (non-hydrogen) atoms. The number of esters is 1. The molecule has 0 heterocycles. The first-order valence-electron chi connectivity index (χ1n) is 9.35. The molecule has 7 heteroatoms. The van der Waals surface area contributed by atoms with Crippen LogP contribution in [0.2, 0.25) is 0 Å². The van der Waals surface area contributed by atoms with Crippen LogP contribution in [0.15, 0.2) is 52.5 Å². The number of allylic oxidation sites excluding steroid dienone is 1. The van der Waals surface area contributed by atoms with E-state index in [1.54, 1.807) is 6.92 Å². The van der Waals surface area contributed by atoms with Crippen molar-refractivity contribution in [1.29, 1.82) is 0 Å². The monoisotopic (exact) mass is 402 g/mol. The molecule has 0 aromatic heterocycles. The SMILES string of the molecule is C=N/C(C(=O)N[C@@H](C)C(=O)O[C@H](C)[C@H](C)c1ccccc1C)=C(O)\C(=C/C)OC. The summed E-state index contributed by atoms with van der Waals surface area (Å²) in [6.07, 6.45) is 1.08. The van der Waals surface area contributed by atoms with E-state index in [-0.39, 0.29) is 17.4 Å². The highest BCUT2D eigenvalue weighted by Gasteiger charge is 2.26. The molecule has 0 aliphatic carbocycles. The lowest BCUT2D eigenvalue weighted by Crippen LogP contribution is -2.41. The number of aliphatic imine (C=N–C) groups is 1. The maximum absolute atomic E-state index is 12.4. The highest BCUT2D eigenvalue weighted by Crippen LogP contribution is 2.24. The lowest BCUT2D eigenvalue weighted by Gasteiger charge is -2.24. The van der Waals surface area contributed by atoms with Crippen LogP contribution in [0.4, 0.5) is 0 Å². The van der Waals surface area contributed by atoms with Gasteiger partial charge >= 0.3 is 5.97 Å². The van der Waals surface area contributed by atoms with Crippen LogP contribution in [-0.4, -0.2) is 43.0 Å². The first-order chi connectivity index (χ1) is 13.7. The number of aliphatic hydroxyl groups is 1. The molecule has 1 amide bonds. The molecule has 0 aliphatic heterocycles. The molecule has 0 aliphatic rings. The van der Waals surface area contributed by atoms with E-state index in [0.29, 0.717) is 0 Å². The van der Waals surface area contributed by atoms with Crippen LogP contribution in [0.1, 0.15) is 44.7 Å². The van der Waals surface area contributed by atoms with Gasteiger partial charge in [0.25, 0.3) is 5.91 Å². The van der Waals surface area contributed by atoms with Gasteiger partial charge in [-0.2, -0.15) is 0 Å². The number of rotatable bonds is 9. The first kappa shape index (κ1) is 23.9. The highest BCUT2D eigenvalue weighted by molar-refractivity contribution is 5.97. The standard InChI is InChI=1S/C22H30N2O5/c1-8-18(28-7)20(25)19(23-6)21(26)24-15(4)22(27)29-16(5)14(3)17-12-10-9-11-13(17)2/h8-12,14-16,25H,6H2,1-5,7H3,(H,24,26)/b18-8+,20-19+/t14-,15-,16+/m0/s1. The van der Waals surface area contributed by atoms with Crippen molar-refractivity contribution in [2.24, 2.45) is 4.99 Å². The largest absolute Gasteiger partial charge is 0.503 e. The Balaban J connectivity index is 2.83. The number of carbonyl (C=O) groups is 2. The molecule has 0 radical (unpaired) electrons. The van der Waals surface area contributed by atoms with Gasteiger partial charge in [-0.05, 0) is 51.6 Å². The van der Waals surface area contributed by atoms with E-state index in [4.69, 9.17) is 9.47 Å². The van der Waals surface area contributed by atoms with Crippen LogP contribution < -0.4 is 5.32 Å². The van der Waals surface area contributed by atoms with Crippen LogP contribution >= 0.6 is 0 Å². The summed E-state index contributed by atoms with van der Waals surface area (Å²) < 4.78 is 10.5. The Morgan fingerprint density at radius 3 is 2.38 bits per heavy atom. The zero-order valence-corrected chi connectivity index (χ0v) is 17.9. The maximum Gasteiger partial charge on any atom is 0.328 e. The van der Waals surface area contributed by atoms with Gasteiger partial charge in [0.2, 0.25) is 0 Å². The zero-order chi connectivity index (χ0) is 22.1. The molecule has 3 atom stereocenters. The maximum atomic E-state index is 12.4. The number of nitrogens with one attached hydrogen (secondary N) is 1. The number of hydrogen-bond donors (Lipinski definition) is 2. The minimum Gasteiger partial charge on any atom is -0.503 e. The Bertz CT molecular complexity index is 813. The van der Waals surface area contributed by atoms with Gasteiger partial charge in [0.1, 0.15) is 12.1 Å². The molecule has 0 fully saturated rings. The second kappa shape index (κ2) is 11.0. The van der Waals surface area contributed by atoms with E-state index in [1.165, 1.54) is 20.1 Å². The van der Waals surface area contributed by atoms with Gasteiger partial charge in [-0.15, -0.1) is 0 Å². The molecule has 0 spiro atoms. The van der Waals surface area contributed by atoms with Crippen molar-refractivity contribution in [2.45, 2.75) is 52.7 Å². The summed E-state index contributed by atoms with van der Waals surface area (Å²) in [4.78, 5) is 28.4. The Morgan fingerprint density at radius 2 is 1.86 bits per heavy atom. The highest BCUT2D eigenvalue weighted by atomic mass is 16.5. The van der Waals surface area contributed by atoms with Crippen molar-refractivity contribution in [2.75, 3.05) is 7.11 Å². The van der Waals surface area contributed by atoms with Gasteiger partial charge in [-0.25, -0.2) is 4.79 Å². The molecular weight excluding hydrogens is 372 g/mol. The van der Waals surface area contributed by atoms with E-state index in [2.05, 4.69) is 17.0 Å². The summed E-state index contributed by atoms with van der Waals surface area (Å²) in [5, 5.41) is 12.6. The summed E-state index contributed by atoms with van der Waals surface area (Å²) in [5.41, 5.74) is 1.86. The third-order valence-corrected chi connectivity index (χ3v) is 4.70. The van der Waals surface area contributed by atoms with E-state index < -0.39 is 29.8 Å². The quantitative estimate of drug-likeness (QED) is 0.216. The average molecular weight is 402 g/mol. The Kier molecular flexibility index (Phi) is 9.12. The number of benzene rings is 1. The number of aliphatic hydroxyl groups excluding tert-OH is 1. The molecule has 0 unspecified atom stereocenters. The minimum absolute atomic E-state index is 0.0173. The minimum atomic E-state index is -0.949. The third kappa shape index (κ3) is 6.20. The fraction of sp³-hybridized carbons (Fsp3) is 0.409. The van der Waals surface area contributed by atoms with Gasteiger partial charge in [-0.1, -0.05) is 31.2 Å². The van der Waals surface area contributed by atoms with Crippen LogP contribution in [0.5, 0.6) is 0 Å². The summed E-state index contributed by atoms with van der Waals surface area (Å²) in [7, 11) is 1.35. The van der Waals surface area contributed by atoms with Gasteiger partial charge in [0.05, 0.1) is 7.11 Å². The lowest BCUT2D eigenvalue weighted by molar-refractivity contribution is -0.152. The number of aryl methyl sites for hydroxylation is 1. The number of ether oxygens (including phenoxy) is 2. The Labute approximate surface area is 172 Å². The fourth-order valence-electron chi connectivity index (χ4n) is 2.78. The third-order valence-electron chi connectivity index (χ3n) is 4.70. The summed E-state index contributed by atoms with van der Waals surface area (Å²) >= 11 is 0. The fourth-order valence-corrected chi connectivity index (χ4v) is 2.78. The number of methoxy groups -OCH3 is 1. The molecule has 0 saturated heterocycles. The second-order valence-corrected chi connectivity index (χ2v) is 6.69. The predicted molar refractivity (Wildman–Crippen MR) is 113 cm³/mol. The summed E-state index contributed by atoms with van der Waals surface area (Å²) in [6.45, 7) is 12.2. The lowest BCUT2D eigenvalue weighted by atomic mass is 9.92. The van der Waals surface area contributed by atoms with Crippen molar-refractivity contribution < 1.29 is 24.2 Å². The smallest absolute Gasteiger partial charge is 0.328 e. The molecular formula is C22H30N2O5. The van der Waals surface area contributed by atoms with Gasteiger partial charge in [0.15, 0.2) is 17.2 Å². The first-order valence-corrected chi connectivity index (χ1v) is 9.35. The van der Waals surface area contributed by atoms with Crippen LogP contribution in [0, 0.1) is 6.92 Å². The normalized spacial score (nSPS) is 15.4. The second-order valence-electron chi connectivity index (χ2n) is 6.69. The Morgan fingerprint density at radius 1 is 1.24 bits per heavy atom. The molecule has 1 aromatic rings. The molecule has 1 rings (SSSR count).